The SMILES string of the molecule is CCN(CC)c1ccc(C=C2CCCC[n+]3c(-c4ccc(F)cc4)csc32)cc1. The van der Waals surface area contributed by atoms with Crippen molar-refractivity contribution in [1.29, 1.82) is 0 Å². The lowest BCUT2D eigenvalue weighted by molar-refractivity contribution is -0.683. The number of anilines is 1. The first-order valence-corrected chi connectivity index (χ1v) is 11.4. The van der Waals surface area contributed by atoms with E-state index in [9.17, 15) is 4.39 Å². The number of benzene rings is 2. The first-order chi connectivity index (χ1) is 14.2. The highest BCUT2D eigenvalue weighted by atomic mass is 32.1. The molecule has 0 amide bonds. The number of hydrogen-bond acceptors (Lipinski definition) is 2. The summed E-state index contributed by atoms with van der Waals surface area (Å²) >= 11 is 1.80. The second kappa shape index (κ2) is 8.91. The van der Waals surface area contributed by atoms with Crippen molar-refractivity contribution >= 4 is 28.7 Å². The van der Waals surface area contributed by atoms with Gasteiger partial charge in [-0.15, -0.1) is 0 Å². The number of nitrogens with zero attached hydrogens (tertiary/aromatic N) is 2. The van der Waals surface area contributed by atoms with Gasteiger partial charge in [-0.2, -0.15) is 4.57 Å². The minimum Gasteiger partial charge on any atom is -0.372 e. The van der Waals surface area contributed by atoms with Crippen LogP contribution in [0.15, 0.2) is 53.9 Å². The van der Waals surface area contributed by atoms with Gasteiger partial charge in [-0.3, -0.25) is 0 Å². The monoisotopic (exact) mass is 407 g/mol. The van der Waals surface area contributed by atoms with Gasteiger partial charge in [0.05, 0.1) is 5.38 Å². The van der Waals surface area contributed by atoms with Crippen molar-refractivity contribution in [3.05, 3.63) is 70.3 Å². The number of halogens is 1. The van der Waals surface area contributed by atoms with E-state index >= 15 is 0 Å². The predicted octanol–water partition coefficient (Wildman–Crippen LogP) is 6.41. The minimum atomic E-state index is -0.186. The number of aromatic nitrogens is 1. The Morgan fingerprint density at radius 2 is 1.72 bits per heavy atom. The van der Waals surface area contributed by atoms with Crippen LogP contribution in [0.1, 0.15) is 43.7 Å². The summed E-state index contributed by atoms with van der Waals surface area (Å²) in [7, 11) is 0. The zero-order valence-corrected chi connectivity index (χ0v) is 18.0. The molecule has 0 aliphatic carbocycles. The molecule has 1 aliphatic rings. The summed E-state index contributed by atoms with van der Waals surface area (Å²) in [5.74, 6) is -0.186. The van der Waals surface area contributed by atoms with Crippen molar-refractivity contribution in [2.24, 2.45) is 0 Å². The number of hydrogen-bond donors (Lipinski definition) is 0. The Hall–Kier alpha value is -2.46. The fourth-order valence-corrected chi connectivity index (χ4v) is 5.18. The van der Waals surface area contributed by atoms with E-state index in [1.807, 2.05) is 12.1 Å². The van der Waals surface area contributed by atoms with Crippen molar-refractivity contribution in [2.75, 3.05) is 18.0 Å². The second-order valence-electron chi connectivity index (χ2n) is 7.48. The summed E-state index contributed by atoms with van der Waals surface area (Å²) in [5.41, 5.74) is 6.20. The van der Waals surface area contributed by atoms with Crippen LogP contribution in [0.5, 0.6) is 0 Å². The normalized spacial score (nSPS) is 15.2. The summed E-state index contributed by atoms with van der Waals surface area (Å²) in [5, 5.41) is 3.54. The number of allylic oxidation sites excluding steroid dienone is 1. The number of fused-ring (bicyclic) bond motifs is 1. The Bertz CT molecular complexity index is 983. The van der Waals surface area contributed by atoms with Crippen LogP contribution in [0.2, 0.25) is 0 Å². The van der Waals surface area contributed by atoms with Crippen LogP contribution >= 0.6 is 11.3 Å². The van der Waals surface area contributed by atoms with Gasteiger partial charge in [0.1, 0.15) is 5.82 Å². The smallest absolute Gasteiger partial charge is 0.265 e. The standard InChI is InChI=1S/C25H28FN2S/c1-3-27(4-2)23-14-8-19(9-15-23)17-21-7-5-6-16-28-24(18-29-25(21)28)20-10-12-22(26)13-11-20/h8-15,17-18H,3-7,16H2,1-2H3/q+1. The van der Waals surface area contributed by atoms with E-state index in [-0.39, 0.29) is 5.82 Å². The third-order valence-electron chi connectivity index (χ3n) is 5.67. The van der Waals surface area contributed by atoms with Gasteiger partial charge >= 0.3 is 0 Å². The summed E-state index contributed by atoms with van der Waals surface area (Å²) in [6.45, 7) is 7.46. The highest BCUT2D eigenvalue weighted by Gasteiger charge is 2.26. The predicted molar refractivity (Wildman–Crippen MR) is 122 cm³/mol. The molecule has 0 unspecified atom stereocenters. The third kappa shape index (κ3) is 4.27. The molecule has 0 N–H and O–H groups in total. The average Bonchev–Trinajstić information content (AvgIpc) is 3.06. The van der Waals surface area contributed by atoms with Crippen molar-refractivity contribution in [2.45, 2.75) is 39.7 Å². The molecule has 0 saturated heterocycles. The van der Waals surface area contributed by atoms with Crippen LogP contribution in [0.4, 0.5) is 10.1 Å². The molecule has 2 aromatic carbocycles. The maximum absolute atomic E-state index is 13.3. The van der Waals surface area contributed by atoms with Gasteiger partial charge in [-0.25, -0.2) is 4.39 Å². The highest BCUT2D eigenvalue weighted by molar-refractivity contribution is 7.10. The van der Waals surface area contributed by atoms with Crippen LogP contribution in [0, 0.1) is 5.82 Å². The lowest BCUT2D eigenvalue weighted by atomic mass is 10.1. The van der Waals surface area contributed by atoms with Crippen LogP contribution in [0.25, 0.3) is 22.9 Å². The molecule has 4 rings (SSSR count). The Balaban J connectivity index is 1.67. The zero-order valence-electron chi connectivity index (χ0n) is 17.2. The van der Waals surface area contributed by atoms with E-state index in [2.05, 4.69) is 59.0 Å². The molecule has 2 nitrogen and oxygen atoms in total. The van der Waals surface area contributed by atoms with Gasteiger partial charge in [0.15, 0.2) is 6.54 Å². The highest BCUT2D eigenvalue weighted by Crippen LogP contribution is 2.31. The molecule has 29 heavy (non-hydrogen) atoms. The first kappa shape index (κ1) is 19.8. The maximum atomic E-state index is 13.3. The van der Waals surface area contributed by atoms with Gasteiger partial charge in [-0.05, 0) is 74.7 Å². The molecule has 0 atom stereocenters. The molecule has 0 bridgehead atoms. The van der Waals surface area contributed by atoms with Crippen molar-refractivity contribution in [3.8, 4) is 11.3 Å². The molecule has 0 radical (unpaired) electrons. The molecular formula is C25H28FN2S+. The lowest BCUT2D eigenvalue weighted by Crippen LogP contribution is -2.36. The van der Waals surface area contributed by atoms with E-state index in [1.165, 1.54) is 40.4 Å². The lowest BCUT2D eigenvalue weighted by Gasteiger charge is -2.20. The Kier molecular flexibility index (Phi) is 6.10. The summed E-state index contributed by atoms with van der Waals surface area (Å²) in [6, 6.07) is 15.8. The molecule has 1 aromatic heterocycles. The van der Waals surface area contributed by atoms with E-state index in [4.69, 9.17) is 0 Å². The van der Waals surface area contributed by atoms with Gasteiger partial charge in [-0.1, -0.05) is 23.5 Å². The van der Waals surface area contributed by atoms with Gasteiger partial charge in [0.25, 0.3) is 5.01 Å². The molecule has 0 saturated carbocycles. The fraction of sp³-hybridized carbons (Fsp3) is 0.320. The van der Waals surface area contributed by atoms with Gasteiger partial charge in [0, 0.05) is 36.3 Å². The minimum absolute atomic E-state index is 0.186. The quantitative estimate of drug-likeness (QED) is 0.443. The molecule has 0 fully saturated rings. The number of thiazole rings is 1. The van der Waals surface area contributed by atoms with Crippen LogP contribution in [0.3, 0.4) is 0 Å². The summed E-state index contributed by atoms with van der Waals surface area (Å²) in [6.07, 6.45) is 5.80. The molecular weight excluding hydrogens is 379 g/mol. The van der Waals surface area contributed by atoms with E-state index in [1.54, 1.807) is 23.5 Å². The molecule has 4 heteroatoms. The molecule has 2 heterocycles. The second-order valence-corrected chi connectivity index (χ2v) is 8.33. The number of rotatable bonds is 5. The van der Waals surface area contributed by atoms with E-state index in [0.717, 1.165) is 31.6 Å². The van der Waals surface area contributed by atoms with Crippen molar-refractivity contribution in [1.82, 2.24) is 0 Å². The largest absolute Gasteiger partial charge is 0.372 e. The fourth-order valence-electron chi connectivity index (χ4n) is 4.06. The Labute approximate surface area is 176 Å². The van der Waals surface area contributed by atoms with E-state index < -0.39 is 0 Å². The van der Waals surface area contributed by atoms with Gasteiger partial charge < -0.3 is 4.90 Å². The topological polar surface area (TPSA) is 7.12 Å². The molecule has 1 aliphatic heterocycles. The van der Waals surface area contributed by atoms with Gasteiger partial charge in [0.2, 0.25) is 5.69 Å². The average molecular weight is 408 g/mol. The zero-order chi connectivity index (χ0) is 20.2. The third-order valence-corrected chi connectivity index (χ3v) is 6.72. The Morgan fingerprint density at radius 1 is 1.00 bits per heavy atom. The Morgan fingerprint density at radius 3 is 2.41 bits per heavy atom. The van der Waals surface area contributed by atoms with Crippen molar-refractivity contribution in [3.63, 3.8) is 0 Å². The summed E-state index contributed by atoms with van der Waals surface area (Å²) < 4.78 is 15.8. The van der Waals surface area contributed by atoms with Crippen LogP contribution in [-0.4, -0.2) is 13.1 Å². The van der Waals surface area contributed by atoms with Crippen molar-refractivity contribution < 1.29 is 8.96 Å². The molecule has 3 aromatic rings. The van der Waals surface area contributed by atoms with E-state index in [0.29, 0.717) is 0 Å². The molecule has 150 valence electrons. The van der Waals surface area contributed by atoms with Crippen LogP contribution < -0.4 is 9.47 Å². The molecule has 0 spiro atoms. The first-order valence-electron chi connectivity index (χ1n) is 10.5. The van der Waals surface area contributed by atoms with Crippen LogP contribution in [-0.2, 0) is 6.54 Å². The summed E-state index contributed by atoms with van der Waals surface area (Å²) in [4.78, 5) is 2.37. The maximum Gasteiger partial charge on any atom is 0.265 e.